The van der Waals surface area contributed by atoms with Crippen LogP contribution in [0.3, 0.4) is 0 Å². The molecule has 3 aromatic rings. The molecule has 0 saturated carbocycles. The molecule has 1 aromatic heterocycles. The van der Waals surface area contributed by atoms with Gasteiger partial charge in [-0.05, 0) is 55.3 Å². The van der Waals surface area contributed by atoms with E-state index in [1.165, 1.54) is 12.1 Å². The number of rotatable bonds is 8. The van der Waals surface area contributed by atoms with Gasteiger partial charge in [0.15, 0.2) is 0 Å². The average molecular weight is 428 g/mol. The van der Waals surface area contributed by atoms with Crippen LogP contribution in [0.1, 0.15) is 25.3 Å². The first-order valence-corrected chi connectivity index (χ1v) is 10.7. The molecular weight excluding hydrogens is 405 g/mol. The number of ether oxygens (including phenoxy) is 1. The number of halogens is 2. The second kappa shape index (κ2) is 10.5. The van der Waals surface area contributed by atoms with Crippen LogP contribution in [0.25, 0.3) is 21.7 Å². The van der Waals surface area contributed by atoms with Crippen LogP contribution in [0.15, 0.2) is 77.9 Å². The third kappa shape index (κ3) is 6.10. The van der Waals surface area contributed by atoms with E-state index in [2.05, 4.69) is 19.1 Å². The fourth-order valence-corrected chi connectivity index (χ4v) is 4.06. The summed E-state index contributed by atoms with van der Waals surface area (Å²) >= 11 is 7.78. The third-order valence-electron chi connectivity index (χ3n) is 4.20. The monoisotopic (exact) mass is 427 g/mol. The van der Waals surface area contributed by atoms with Crippen molar-refractivity contribution >= 4 is 22.9 Å². The fraction of sp³-hybridized carbons (Fsp3) is 0.208. The Morgan fingerprint density at radius 1 is 1.14 bits per heavy atom. The molecule has 0 fully saturated rings. The molecule has 1 atom stereocenters. The van der Waals surface area contributed by atoms with Crippen LogP contribution in [0.5, 0.6) is 0 Å². The Hall–Kier alpha value is -2.27. The standard InChI is InChI=1S/C24H23ClFNOS/c1-3-4-10-20(25)15-17(2)28-16-22-27-23(18-11-13-21(26)14-12-18)24(29-22)19-8-6-5-7-9-19/h4-15,17H,3,16H2,1-2H3/b10-4-,20-15+. The molecular formula is C24H23ClFNOS. The number of nitrogens with zero attached hydrogens (tertiary/aromatic N) is 1. The minimum Gasteiger partial charge on any atom is -0.367 e. The summed E-state index contributed by atoms with van der Waals surface area (Å²) in [6.45, 7) is 4.39. The number of benzene rings is 2. The summed E-state index contributed by atoms with van der Waals surface area (Å²) in [6.07, 6.45) is 6.56. The predicted octanol–water partition coefficient (Wildman–Crippen LogP) is 7.61. The van der Waals surface area contributed by atoms with Gasteiger partial charge in [-0.3, -0.25) is 0 Å². The number of hydrogen-bond acceptors (Lipinski definition) is 3. The Morgan fingerprint density at radius 3 is 2.55 bits per heavy atom. The molecule has 0 N–H and O–H groups in total. The van der Waals surface area contributed by atoms with Gasteiger partial charge in [0.2, 0.25) is 0 Å². The maximum atomic E-state index is 13.4. The van der Waals surface area contributed by atoms with Gasteiger partial charge in [0.1, 0.15) is 10.8 Å². The quantitative estimate of drug-likeness (QED) is 0.345. The average Bonchev–Trinajstić information content (AvgIpc) is 3.16. The van der Waals surface area contributed by atoms with Gasteiger partial charge in [0.05, 0.1) is 23.3 Å². The highest BCUT2D eigenvalue weighted by Gasteiger charge is 2.15. The van der Waals surface area contributed by atoms with Crippen LogP contribution in [0.2, 0.25) is 0 Å². The summed E-state index contributed by atoms with van der Waals surface area (Å²) in [5, 5.41) is 1.53. The van der Waals surface area contributed by atoms with Crippen LogP contribution in [-0.4, -0.2) is 11.1 Å². The number of aromatic nitrogens is 1. The van der Waals surface area contributed by atoms with E-state index in [9.17, 15) is 4.39 Å². The molecule has 2 aromatic carbocycles. The van der Waals surface area contributed by atoms with Crippen molar-refractivity contribution in [3.63, 3.8) is 0 Å². The lowest BCUT2D eigenvalue weighted by atomic mass is 10.1. The molecule has 1 heterocycles. The summed E-state index contributed by atoms with van der Waals surface area (Å²) in [5.74, 6) is -0.261. The second-order valence-electron chi connectivity index (χ2n) is 6.54. The molecule has 0 aliphatic heterocycles. The molecule has 5 heteroatoms. The van der Waals surface area contributed by atoms with Gasteiger partial charge in [0, 0.05) is 10.6 Å². The lowest BCUT2D eigenvalue weighted by Gasteiger charge is -2.07. The van der Waals surface area contributed by atoms with Crippen molar-refractivity contribution in [1.82, 2.24) is 4.98 Å². The first-order chi connectivity index (χ1) is 14.1. The Balaban J connectivity index is 1.83. The van der Waals surface area contributed by atoms with Crippen molar-refractivity contribution in [2.75, 3.05) is 0 Å². The van der Waals surface area contributed by atoms with Crippen molar-refractivity contribution in [2.45, 2.75) is 33.0 Å². The van der Waals surface area contributed by atoms with Crippen molar-refractivity contribution in [3.05, 3.63) is 88.7 Å². The number of allylic oxidation sites excluding steroid dienone is 3. The minimum absolute atomic E-state index is 0.137. The molecule has 29 heavy (non-hydrogen) atoms. The molecule has 0 saturated heterocycles. The van der Waals surface area contributed by atoms with Gasteiger partial charge in [0.25, 0.3) is 0 Å². The van der Waals surface area contributed by atoms with Crippen LogP contribution in [-0.2, 0) is 11.3 Å². The zero-order valence-corrected chi connectivity index (χ0v) is 18.0. The Kier molecular flexibility index (Phi) is 7.76. The maximum absolute atomic E-state index is 13.4. The van der Waals surface area contributed by atoms with E-state index in [0.29, 0.717) is 11.6 Å². The maximum Gasteiger partial charge on any atom is 0.123 e. The predicted molar refractivity (Wildman–Crippen MR) is 121 cm³/mol. The Labute approximate surface area is 180 Å². The molecule has 1 unspecified atom stereocenters. The van der Waals surface area contributed by atoms with Gasteiger partial charge >= 0.3 is 0 Å². The van der Waals surface area contributed by atoms with Gasteiger partial charge in [-0.15, -0.1) is 11.3 Å². The smallest absolute Gasteiger partial charge is 0.123 e. The zero-order chi connectivity index (χ0) is 20.6. The molecule has 0 bridgehead atoms. The van der Waals surface area contributed by atoms with Gasteiger partial charge in [-0.25, -0.2) is 9.37 Å². The first-order valence-electron chi connectivity index (χ1n) is 9.53. The van der Waals surface area contributed by atoms with Crippen LogP contribution >= 0.6 is 22.9 Å². The lowest BCUT2D eigenvalue weighted by Crippen LogP contribution is -2.04. The van der Waals surface area contributed by atoms with Crippen molar-refractivity contribution in [1.29, 1.82) is 0 Å². The van der Waals surface area contributed by atoms with E-state index in [1.807, 2.05) is 43.4 Å². The highest BCUT2D eigenvalue weighted by Crippen LogP contribution is 2.37. The van der Waals surface area contributed by atoms with Crippen molar-refractivity contribution in [3.8, 4) is 21.7 Å². The van der Waals surface area contributed by atoms with Crippen molar-refractivity contribution < 1.29 is 9.13 Å². The largest absolute Gasteiger partial charge is 0.367 e. The summed E-state index contributed by atoms with van der Waals surface area (Å²) < 4.78 is 19.3. The van der Waals surface area contributed by atoms with Crippen LogP contribution < -0.4 is 0 Å². The Bertz CT molecular complexity index is 980. The highest BCUT2D eigenvalue weighted by molar-refractivity contribution is 7.15. The van der Waals surface area contributed by atoms with E-state index >= 15 is 0 Å². The molecule has 0 radical (unpaired) electrons. The number of thiazole rings is 1. The second-order valence-corrected chi connectivity index (χ2v) is 8.06. The summed E-state index contributed by atoms with van der Waals surface area (Å²) in [7, 11) is 0. The highest BCUT2D eigenvalue weighted by atomic mass is 35.5. The topological polar surface area (TPSA) is 22.1 Å². The normalized spacial score (nSPS) is 13.2. The van der Waals surface area contributed by atoms with E-state index in [-0.39, 0.29) is 11.9 Å². The van der Waals surface area contributed by atoms with E-state index in [0.717, 1.165) is 33.1 Å². The van der Waals surface area contributed by atoms with E-state index < -0.39 is 0 Å². The molecule has 0 amide bonds. The van der Waals surface area contributed by atoms with Gasteiger partial charge in [-0.1, -0.05) is 54.9 Å². The van der Waals surface area contributed by atoms with Crippen LogP contribution in [0.4, 0.5) is 4.39 Å². The molecule has 0 spiro atoms. The summed E-state index contributed by atoms with van der Waals surface area (Å²) in [4.78, 5) is 5.83. The molecule has 0 aliphatic rings. The van der Waals surface area contributed by atoms with Gasteiger partial charge in [-0.2, -0.15) is 0 Å². The molecule has 3 rings (SSSR count). The number of hydrogen-bond donors (Lipinski definition) is 0. The lowest BCUT2D eigenvalue weighted by molar-refractivity contribution is 0.0838. The van der Waals surface area contributed by atoms with E-state index in [1.54, 1.807) is 23.5 Å². The summed E-state index contributed by atoms with van der Waals surface area (Å²) in [6, 6.07) is 16.5. The molecule has 0 aliphatic carbocycles. The zero-order valence-electron chi connectivity index (χ0n) is 16.4. The molecule has 2 nitrogen and oxygen atoms in total. The van der Waals surface area contributed by atoms with E-state index in [4.69, 9.17) is 21.3 Å². The minimum atomic E-state index is -0.261. The van der Waals surface area contributed by atoms with Crippen molar-refractivity contribution in [2.24, 2.45) is 0 Å². The Morgan fingerprint density at radius 2 is 1.86 bits per heavy atom. The molecule has 150 valence electrons. The third-order valence-corrected chi connectivity index (χ3v) is 5.53. The fourth-order valence-electron chi connectivity index (χ4n) is 2.78. The first kappa shape index (κ1) is 21.4. The van der Waals surface area contributed by atoms with Gasteiger partial charge < -0.3 is 4.74 Å². The SMILES string of the molecule is CC/C=C\C(Cl)=C/C(C)OCc1nc(-c2ccc(F)cc2)c(-c2ccccc2)s1. The van der Waals surface area contributed by atoms with Crippen LogP contribution in [0, 0.1) is 5.82 Å². The summed E-state index contributed by atoms with van der Waals surface area (Å²) in [5.41, 5.74) is 2.80.